The van der Waals surface area contributed by atoms with Gasteiger partial charge in [0, 0.05) is 12.0 Å². The lowest BCUT2D eigenvalue weighted by Crippen LogP contribution is -2.39. The number of nitrogens with zero attached hydrogens (tertiary/aromatic N) is 1. The van der Waals surface area contributed by atoms with Gasteiger partial charge in [-0.3, -0.25) is 0 Å². The van der Waals surface area contributed by atoms with Gasteiger partial charge < -0.3 is 9.50 Å². The maximum atomic E-state index is 11.7. The zero-order valence-electron chi connectivity index (χ0n) is 14.8. The third-order valence-corrected chi connectivity index (χ3v) is 4.56. The Labute approximate surface area is 151 Å². The first-order chi connectivity index (χ1) is 11.9. The van der Waals surface area contributed by atoms with Gasteiger partial charge in [0.2, 0.25) is 0 Å². The summed E-state index contributed by atoms with van der Waals surface area (Å²) >= 11 is 0. The first kappa shape index (κ1) is 17.5. The molecule has 0 atom stereocenters. The van der Waals surface area contributed by atoms with E-state index < -0.39 is 5.60 Å². The summed E-state index contributed by atoms with van der Waals surface area (Å²) in [5, 5.41) is 11.7. The number of para-hydroxylation sites is 1. The van der Waals surface area contributed by atoms with Crippen molar-refractivity contribution in [2.75, 3.05) is 14.1 Å². The summed E-state index contributed by atoms with van der Waals surface area (Å²) in [4.78, 5) is 0. The van der Waals surface area contributed by atoms with Crippen molar-refractivity contribution in [3.8, 4) is 0 Å². The van der Waals surface area contributed by atoms with E-state index in [1.807, 2.05) is 99.0 Å². The molecule has 3 aromatic rings. The Bertz CT molecular complexity index is 786. The molecule has 2 radical (unpaired) electrons. The molecule has 0 spiro atoms. The third kappa shape index (κ3) is 3.68. The molecule has 3 rings (SSSR count). The Morgan fingerprint density at radius 3 is 1.68 bits per heavy atom. The highest BCUT2D eigenvalue weighted by molar-refractivity contribution is 6.13. The van der Waals surface area contributed by atoms with Crippen molar-refractivity contribution in [1.82, 2.24) is 4.39 Å². The van der Waals surface area contributed by atoms with E-state index in [9.17, 15) is 5.11 Å². The van der Waals surface area contributed by atoms with Crippen LogP contribution in [0.3, 0.4) is 0 Å². The topological polar surface area (TPSA) is 20.2 Å². The van der Waals surface area contributed by atoms with Gasteiger partial charge >= 0.3 is 7.98 Å². The first-order valence-corrected chi connectivity index (χ1v) is 8.46. The monoisotopic (exact) mass is 328 g/mol. The summed E-state index contributed by atoms with van der Waals surface area (Å²) in [6.45, 7) is 0. The number of benzene rings is 3. The minimum Gasteiger partial charge on any atom is -0.380 e. The number of hydrogen-bond donors (Lipinski definition) is 1. The molecular weight excluding hydrogens is 305 g/mol. The van der Waals surface area contributed by atoms with Crippen LogP contribution in [0.5, 0.6) is 0 Å². The highest BCUT2D eigenvalue weighted by Gasteiger charge is 2.34. The molecule has 0 heterocycles. The zero-order chi connectivity index (χ0) is 17.9. The molecule has 0 aliphatic carbocycles. The minimum absolute atomic E-state index is 0.218. The molecule has 3 heteroatoms. The summed E-state index contributed by atoms with van der Waals surface area (Å²) in [6, 6.07) is 27.7. The first-order valence-electron chi connectivity index (χ1n) is 8.46. The fourth-order valence-corrected chi connectivity index (χ4v) is 3.30. The molecule has 0 amide bonds. The fraction of sp³-hybridized carbons (Fsp3) is 0.182. The molecule has 0 aliphatic heterocycles. The standard InChI is InChI=1S/C22H23BNO/c1-24(2,23)21-16-10-9-11-18(21)17-22(25,19-12-5-3-6-13-19)20-14-7-4-8-15-20/h3-16,25H,17H2,1-2H3/q+1. The van der Waals surface area contributed by atoms with E-state index in [-0.39, 0.29) is 4.39 Å². The van der Waals surface area contributed by atoms with Crippen molar-refractivity contribution in [2.24, 2.45) is 0 Å². The average Bonchev–Trinajstić information content (AvgIpc) is 2.63. The molecule has 25 heavy (non-hydrogen) atoms. The molecule has 2 nitrogen and oxygen atoms in total. The van der Waals surface area contributed by atoms with Crippen LogP contribution in [0, 0.1) is 0 Å². The van der Waals surface area contributed by atoms with Gasteiger partial charge in [-0.2, -0.15) is 0 Å². The van der Waals surface area contributed by atoms with Gasteiger partial charge in [-0.15, -0.1) is 0 Å². The van der Waals surface area contributed by atoms with E-state index in [4.69, 9.17) is 7.98 Å². The summed E-state index contributed by atoms with van der Waals surface area (Å²) < 4.78 is 0.218. The largest absolute Gasteiger partial charge is 0.486 e. The van der Waals surface area contributed by atoms with E-state index in [0.717, 1.165) is 22.4 Å². The van der Waals surface area contributed by atoms with Gasteiger partial charge in [-0.1, -0.05) is 78.9 Å². The maximum Gasteiger partial charge on any atom is 0.486 e. The summed E-state index contributed by atoms with van der Waals surface area (Å²) in [5.74, 6) is 0. The van der Waals surface area contributed by atoms with Gasteiger partial charge in [0.05, 0.1) is 14.1 Å². The van der Waals surface area contributed by atoms with Crippen LogP contribution in [0.2, 0.25) is 0 Å². The van der Waals surface area contributed by atoms with Crippen molar-refractivity contribution in [3.05, 3.63) is 102 Å². The van der Waals surface area contributed by atoms with Crippen molar-refractivity contribution in [3.63, 3.8) is 0 Å². The zero-order valence-corrected chi connectivity index (χ0v) is 14.8. The predicted molar refractivity (Wildman–Crippen MR) is 105 cm³/mol. The van der Waals surface area contributed by atoms with Crippen LogP contribution < -0.4 is 4.39 Å². The minimum atomic E-state index is -1.12. The number of aliphatic hydroxyl groups is 1. The Kier molecular flexibility index (Phi) is 4.80. The molecule has 1 N–H and O–H groups in total. The second-order valence-electron chi connectivity index (χ2n) is 6.94. The van der Waals surface area contributed by atoms with E-state index in [1.165, 1.54) is 0 Å². The van der Waals surface area contributed by atoms with Crippen LogP contribution in [0.15, 0.2) is 84.9 Å². The molecule has 0 aromatic heterocycles. The summed E-state index contributed by atoms with van der Waals surface area (Å²) in [5.41, 5.74) is 2.66. The fourth-order valence-electron chi connectivity index (χ4n) is 3.30. The van der Waals surface area contributed by atoms with E-state index >= 15 is 0 Å². The predicted octanol–water partition coefficient (Wildman–Crippen LogP) is 3.82. The number of rotatable bonds is 5. The van der Waals surface area contributed by atoms with Crippen LogP contribution in [-0.4, -0.2) is 27.2 Å². The van der Waals surface area contributed by atoms with Gasteiger partial charge in [-0.25, -0.2) is 0 Å². The SMILES string of the molecule is [B][N+](C)(C)c1ccccc1CC(O)(c1ccccc1)c1ccccc1. The Balaban J connectivity index is 2.13. The summed E-state index contributed by atoms with van der Waals surface area (Å²) in [7, 11) is 10.2. The van der Waals surface area contributed by atoms with Gasteiger partial charge in [0.25, 0.3) is 0 Å². The van der Waals surface area contributed by atoms with Gasteiger partial charge in [-0.05, 0) is 17.2 Å². The Hall–Kier alpha value is -2.36. The van der Waals surface area contributed by atoms with Crippen molar-refractivity contribution in [1.29, 1.82) is 0 Å². The molecule has 0 fully saturated rings. The Morgan fingerprint density at radius 1 is 0.760 bits per heavy atom. The quantitative estimate of drug-likeness (QED) is 0.706. The number of hydrogen-bond acceptors (Lipinski definition) is 1. The third-order valence-electron chi connectivity index (χ3n) is 4.56. The molecule has 0 saturated heterocycles. The van der Waals surface area contributed by atoms with E-state index in [1.54, 1.807) is 0 Å². The smallest absolute Gasteiger partial charge is 0.380 e. The lowest BCUT2D eigenvalue weighted by Gasteiger charge is -2.33. The normalized spacial score (nSPS) is 12.1. The van der Waals surface area contributed by atoms with Crippen molar-refractivity contribution < 1.29 is 5.11 Å². The molecule has 0 saturated carbocycles. The lowest BCUT2D eigenvalue weighted by atomic mass is 9.80. The van der Waals surface area contributed by atoms with Crippen molar-refractivity contribution >= 4 is 13.7 Å². The van der Waals surface area contributed by atoms with Crippen LogP contribution in [-0.2, 0) is 12.0 Å². The molecule has 124 valence electrons. The maximum absolute atomic E-state index is 11.7. The lowest BCUT2D eigenvalue weighted by molar-refractivity contribution is 0.0810. The van der Waals surface area contributed by atoms with Crippen LogP contribution in [0.1, 0.15) is 16.7 Å². The molecule has 0 aliphatic rings. The van der Waals surface area contributed by atoms with Crippen LogP contribution in [0.4, 0.5) is 5.69 Å². The molecule has 0 bridgehead atoms. The van der Waals surface area contributed by atoms with E-state index in [2.05, 4.69) is 0 Å². The van der Waals surface area contributed by atoms with Crippen LogP contribution >= 0.6 is 0 Å². The highest BCUT2D eigenvalue weighted by Crippen LogP contribution is 2.36. The van der Waals surface area contributed by atoms with Crippen LogP contribution in [0.25, 0.3) is 0 Å². The van der Waals surface area contributed by atoms with Gasteiger partial charge in [0.15, 0.2) is 0 Å². The Morgan fingerprint density at radius 2 is 1.20 bits per heavy atom. The number of quaternary nitrogens is 1. The summed E-state index contributed by atoms with van der Waals surface area (Å²) in [6.07, 6.45) is 0.454. The average molecular weight is 328 g/mol. The highest BCUT2D eigenvalue weighted by atomic mass is 16.3. The van der Waals surface area contributed by atoms with E-state index in [0.29, 0.717) is 6.42 Å². The van der Waals surface area contributed by atoms with Gasteiger partial charge in [0.1, 0.15) is 11.3 Å². The molecule has 3 aromatic carbocycles. The molecular formula is C22H23BNO+. The second kappa shape index (κ2) is 6.87. The second-order valence-corrected chi connectivity index (χ2v) is 6.94. The van der Waals surface area contributed by atoms with Crippen molar-refractivity contribution in [2.45, 2.75) is 12.0 Å². The molecule has 0 unspecified atom stereocenters.